The maximum atomic E-state index is 13.0. The molecule has 110 valence electrons. The molecule has 3 nitrogen and oxygen atoms in total. The fourth-order valence-electron chi connectivity index (χ4n) is 1.76. The third-order valence-electron chi connectivity index (χ3n) is 2.84. The van der Waals surface area contributed by atoms with Gasteiger partial charge in [-0.3, -0.25) is 4.79 Å². The third kappa shape index (κ3) is 4.24. The average Bonchev–Trinajstić information content (AvgIpc) is 2.43. The van der Waals surface area contributed by atoms with Gasteiger partial charge in [0, 0.05) is 16.8 Å². The summed E-state index contributed by atoms with van der Waals surface area (Å²) in [7, 11) is 0. The molecule has 1 atom stereocenters. The van der Waals surface area contributed by atoms with Crippen LogP contribution in [0.15, 0.2) is 42.5 Å². The van der Waals surface area contributed by atoms with Gasteiger partial charge in [0.05, 0.1) is 12.5 Å². The van der Waals surface area contributed by atoms with Crippen LogP contribution in [0.1, 0.15) is 18.1 Å². The van der Waals surface area contributed by atoms with Crippen molar-refractivity contribution in [3.8, 4) is 0 Å². The lowest BCUT2D eigenvalue weighted by Crippen LogP contribution is -2.15. The van der Waals surface area contributed by atoms with Gasteiger partial charge in [-0.15, -0.1) is 0 Å². The van der Waals surface area contributed by atoms with Crippen LogP contribution in [0.2, 0.25) is 5.02 Å². The lowest BCUT2D eigenvalue weighted by atomic mass is 10.1. The lowest BCUT2D eigenvalue weighted by molar-refractivity contribution is -0.118. The van der Waals surface area contributed by atoms with Gasteiger partial charge in [0.2, 0.25) is 5.91 Å². The molecule has 1 unspecified atom stereocenters. The Bertz CT molecular complexity index is 647. The van der Waals surface area contributed by atoms with Gasteiger partial charge in [-0.05, 0) is 29.8 Å². The first-order valence-corrected chi connectivity index (χ1v) is 6.52. The number of rotatable bonds is 4. The molecule has 2 N–H and O–H groups in total. The number of aliphatic hydroxyl groups is 1. The van der Waals surface area contributed by atoms with Crippen molar-refractivity contribution >= 4 is 23.2 Å². The minimum absolute atomic E-state index is 0.127. The molecule has 0 aliphatic heterocycles. The summed E-state index contributed by atoms with van der Waals surface area (Å²) in [5, 5.41) is 12.8. The number of carbonyl (C=O) groups is 1. The topological polar surface area (TPSA) is 49.3 Å². The van der Waals surface area contributed by atoms with Crippen LogP contribution in [0.3, 0.4) is 0 Å². The number of anilines is 1. The lowest BCUT2D eigenvalue weighted by Gasteiger charge is -2.11. The van der Waals surface area contributed by atoms with Gasteiger partial charge in [-0.1, -0.05) is 23.7 Å². The zero-order valence-electron chi connectivity index (χ0n) is 10.8. The molecule has 0 aliphatic carbocycles. The first kappa shape index (κ1) is 15.4. The largest absolute Gasteiger partial charge is 0.388 e. The molecule has 2 aromatic carbocycles. The van der Waals surface area contributed by atoms with Gasteiger partial charge in [0.15, 0.2) is 11.6 Å². The van der Waals surface area contributed by atoms with E-state index in [1.165, 1.54) is 6.07 Å². The summed E-state index contributed by atoms with van der Waals surface area (Å²) < 4.78 is 25.8. The zero-order chi connectivity index (χ0) is 15.4. The van der Waals surface area contributed by atoms with Crippen molar-refractivity contribution in [3.05, 3.63) is 64.7 Å². The molecule has 2 aromatic rings. The van der Waals surface area contributed by atoms with E-state index >= 15 is 0 Å². The molecule has 0 fully saturated rings. The van der Waals surface area contributed by atoms with Crippen LogP contribution in [0.4, 0.5) is 14.5 Å². The van der Waals surface area contributed by atoms with E-state index in [0.29, 0.717) is 10.6 Å². The molecule has 0 heterocycles. The van der Waals surface area contributed by atoms with Gasteiger partial charge < -0.3 is 10.4 Å². The summed E-state index contributed by atoms with van der Waals surface area (Å²) in [5.41, 5.74) is 0.669. The average molecular weight is 312 g/mol. The monoisotopic (exact) mass is 311 g/mol. The Morgan fingerprint density at radius 3 is 2.43 bits per heavy atom. The summed E-state index contributed by atoms with van der Waals surface area (Å²) in [6.07, 6.45) is -1.21. The molecule has 0 radical (unpaired) electrons. The van der Waals surface area contributed by atoms with E-state index in [4.69, 9.17) is 11.6 Å². The van der Waals surface area contributed by atoms with Crippen LogP contribution in [0.25, 0.3) is 0 Å². The SMILES string of the molecule is O=C(CC(O)c1ccc(Cl)cc1)Nc1ccc(F)c(F)c1. The van der Waals surface area contributed by atoms with Crippen molar-refractivity contribution < 1.29 is 18.7 Å². The van der Waals surface area contributed by atoms with Crippen molar-refractivity contribution in [2.45, 2.75) is 12.5 Å². The Labute approximate surface area is 125 Å². The van der Waals surface area contributed by atoms with Crippen LogP contribution in [0.5, 0.6) is 0 Å². The summed E-state index contributed by atoms with van der Waals surface area (Å²) in [4.78, 5) is 11.7. The van der Waals surface area contributed by atoms with E-state index in [0.717, 1.165) is 12.1 Å². The molecule has 0 saturated heterocycles. The molecule has 0 bridgehead atoms. The van der Waals surface area contributed by atoms with Gasteiger partial charge in [0.1, 0.15) is 0 Å². The number of carbonyl (C=O) groups excluding carboxylic acids is 1. The Balaban J connectivity index is 1.97. The van der Waals surface area contributed by atoms with Crippen LogP contribution in [-0.2, 0) is 4.79 Å². The number of benzene rings is 2. The van der Waals surface area contributed by atoms with Gasteiger partial charge in [0.25, 0.3) is 0 Å². The number of amides is 1. The first-order valence-electron chi connectivity index (χ1n) is 6.14. The van der Waals surface area contributed by atoms with Crippen molar-refractivity contribution in [1.29, 1.82) is 0 Å². The molecule has 0 aromatic heterocycles. The van der Waals surface area contributed by atoms with Gasteiger partial charge >= 0.3 is 0 Å². The molecule has 2 rings (SSSR count). The summed E-state index contributed by atoms with van der Waals surface area (Å²) in [6, 6.07) is 9.46. The van der Waals surface area contributed by atoms with E-state index in [2.05, 4.69) is 5.32 Å². The van der Waals surface area contributed by atoms with E-state index in [-0.39, 0.29) is 12.1 Å². The molecule has 21 heavy (non-hydrogen) atoms. The number of nitrogens with one attached hydrogen (secondary N) is 1. The first-order chi connectivity index (χ1) is 9.95. The Kier molecular flexibility index (Phi) is 4.88. The Morgan fingerprint density at radius 2 is 1.81 bits per heavy atom. The smallest absolute Gasteiger partial charge is 0.227 e. The predicted molar refractivity (Wildman–Crippen MR) is 76.0 cm³/mol. The fraction of sp³-hybridized carbons (Fsp3) is 0.133. The molecule has 1 amide bonds. The third-order valence-corrected chi connectivity index (χ3v) is 3.09. The summed E-state index contributed by atoms with van der Waals surface area (Å²) in [6.45, 7) is 0. The molecular weight excluding hydrogens is 300 g/mol. The minimum Gasteiger partial charge on any atom is -0.388 e. The molecule has 0 spiro atoms. The highest BCUT2D eigenvalue weighted by Gasteiger charge is 2.14. The highest BCUT2D eigenvalue weighted by molar-refractivity contribution is 6.30. The van der Waals surface area contributed by atoms with Crippen LogP contribution in [-0.4, -0.2) is 11.0 Å². The molecule has 0 aliphatic rings. The molecule has 6 heteroatoms. The van der Waals surface area contributed by atoms with Gasteiger partial charge in [-0.25, -0.2) is 8.78 Å². The second kappa shape index (κ2) is 6.65. The van der Waals surface area contributed by atoms with Crippen LogP contribution < -0.4 is 5.32 Å². The normalized spacial score (nSPS) is 12.0. The van der Waals surface area contributed by atoms with Crippen LogP contribution in [0, 0.1) is 11.6 Å². The molecule has 0 saturated carbocycles. The number of aliphatic hydroxyl groups excluding tert-OH is 1. The van der Waals surface area contributed by atoms with E-state index in [1.807, 2.05) is 0 Å². The molecular formula is C15H12ClF2NO2. The van der Waals surface area contributed by atoms with Crippen molar-refractivity contribution in [2.75, 3.05) is 5.32 Å². The van der Waals surface area contributed by atoms with Crippen molar-refractivity contribution in [3.63, 3.8) is 0 Å². The highest BCUT2D eigenvalue weighted by Crippen LogP contribution is 2.20. The van der Waals surface area contributed by atoms with E-state index in [9.17, 15) is 18.7 Å². The maximum absolute atomic E-state index is 13.0. The van der Waals surface area contributed by atoms with E-state index < -0.39 is 23.6 Å². The van der Waals surface area contributed by atoms with Crippen LogP contribution >= 0.6 is 11.6 Å². The quantitative estimate of drug-likeness (QED) is 0.905. The maximum Gasteiger partial charge on any atom is 0.227 e. The van der Waals surface area contributed by atoms with E-state index in [1.54, 1.807) is 24.3 Å². The highest BCUT2D eigenvalue weighted by atomic mass is 35.5. The summed E-state index contributed by atoms with van der Waals surface area (Å²) >= 11 is 5.73. The summed E-state index contributed by atoms with van der Waals surface area (Å²) in [5.74, 6) is -2.55. The number of hydrogen-bond acceptors (Lipinski definition) is 2. The second-order valence-corrected chi connectivity index (χ2v) is 4.88. The second-order valence-electron chi connectivity index (χ2n) is 4.45. The minimum atomic E-state index is -1.05. The standard InChI is InChI=1S/C15H12ClF2NO2/c16-10-3-1-9(2-4-10)14(20)8-15(21)19-11-5-6-12(17)13(18)7-11/h1-7,14,20H,8H2,(H,19,21). The predicted octanol–water partition coefficient (Wildman–Crippen LogP) is 3.68. The van der Waals surface area contributed by atoms with Crippen molar-refractivity contribution in [2.24, 2.45) is 0 Å². The van der Waals surface area contributed by atoms with Crippen molar-refractivity contribution in [1.82, 2.24) is 0 Å². The van der Waals surface area contributed by atoms with Gasteiger partial charge in [-0.2, -0.15) is 0 Å². The Hall–Kier alpha value is -1.98. The fourth-order valence-corrected chi connectivity index (χ4v) is 1.89. The number of halogens is 3. The zero-order valence-corrected chi connectivity index (χ0v) is 11.6. The Morgan fingerprint density at radius 1 is 1.14 bits per heavy atom. The number of hydrogen-bond donors (Lipinski definition) is 2.